The maximum atomic E-state index is 9.53. The first-order valence-corrected chi connectivity index (χ1v) is 9.30. The molecular formula is C20H34O2. The van der Waals surface area contributed by atoms with Crippen LogP contribution in [0.4, 0.5) is 0 Å². The van der Waals surface area contributed by atoms with E-state index in [1.165, 1.54) is 31.3 Å². The van der Waals surface area contributed by atoms with E-state index in [1.54, 1.807) is 0 Å². The molecule has 1 N–H and O–H groups in total. The van der Waals surface area contributed by atoms with Gasteiger partial charge in [-0.05, 0) is 74.5 Å². The number of rotatable bonds is 2. The molecule has 3 aliphatic carbocycles. The van der Waals surface area contributed by atoms with Crippen LogP contribution < -0.4 is 0 Å². The molecule has 6 atom stereocenters. The van der Waals surface area contributed by atoms with Gasteiger partial charge in [-0.25, -0.2) is 4.89 Å². The molecule has 0 aromatic heterocycles. The minimum Gasteiger partial charge on any atom is -0.252 e. The zero-order valence-corrected chi connectivity index (χ0v) is 15.1. The summed E-state index contributed by atoms with van der Waals surface area (Å²) in [5.74, 6) is 2.95. The molecule has 2 heteroatoms. The van der Waals surface area contributed by atoms with Crippen molar-refractivity contribution in [3.8, 4) is 0 Å². The zero-order valence-electron chi connectivity index (χ0n) is 15.1. The van der Waals surface area contributed by atoms with Crippen LogP contribution >= 0.6 is 0 Å². The molecule has 22 heavy (non-hydrogen) atoms. The minimum absolute atomic E-state index is 0.00569. The van der Waals surface area contributed by atoms with E-state index < -0.39 is 0 Å². The van der Waals surface area contributed by atoms with Crippen molar-refractivity contribution in [1.82, 2.24) is 0 Å². The lowest BCUT2D eigenvalue weighted by Crippen LogP contribution is -2.51. The molecule has 0 saturated heterocycles. The van der Waals surface area contributed by atoms with Gasteiger partial charge in [0, 0.05) is 5.41 Å². The maximum absolute atomic E-state index is 9.53. The number of hydrogen-bond acceptors (Lipinski definition) is 2. The van der Waals surface area contributed by atoms with Crippen molar-refractivity contribution in [3.63, 3.8) is 0 Å². The molecule has 3 rings (SSSR count). The SMILES string of the molecule is CC1=C[C@H]2[C@@H]3CC[C@H](C(C)C)[C@@]3(C)CC[C@]2(C)[C@@H](OO)CC1. The van der Waals surface area contributed by atoms with E-state index in [-0.39, 0.29) is 11.5 Å². The van der Waals surface area contributed by atoms with Crippen LogP contribution in [0.25, 0.3) is 0 Å². The highest BCUT2D eigenvalue weighted by molar-refractivity contribution is 5.18. The summed E-state index contributed by atoms with van der Waals surface area (Å²) in [6.07, 6.45) is 9.78. The van der Waals surface area contributed by atoms with Crippen molar-refractivity contribution in [1.29, 1.82) is 0 Å². The Balaban J connectivity index is 2.00. The lowest BCUT2D eigenvalue weighted by atomic mass is 9.50. The summed E-state index contributed by atoms with van der Waals surface area (Å²) in [5.41, 5.74) is 2.06. The van der Waals surface area contributed by atoms with Gasteiger partial charge in [-0.1, -0.05) is 39.3 Å². The molecule has 3 aliphatic rings. The van der Waals surface area contributed by atoms with Crippen LogP contribution in [-0.2, 0) is 4.89 Å². The van der Waals surface area contributed by atoms with Crippen molar-refractivity contribution in [2.75, 3.05) is 0 Å². The fourth-order valence-electron chi connectivity index (χ4n) is 6.45. The third-order valence-electron chi connectivity index (χ3n) is 7.81. The second-order valence-electron chi connectivity index (χ2n) is 9.22. The molecule has 2 nitrogen and oxygen atoms in total. The molecule has 0 aliphatic heterocycles. The van der Waals surface area contributed by atoms with E-state index in [0.29, 0.717) is 11.3 Å². The highest BCUT2D eigenvalue weighted by Gasteiger charge is 2.59. The van der Waals surface area contributed by atoms with E-state index in [4.69, 9.17) is 4.89 Å². The van der Waals surface area contributed by atoms with Crippen LogP contribution in [0.15, 0.2) is 11.6 Å². The van der Waals surface area contributed by atoms with Gasteiger partial charge in [-0.2, -0.15) is 0 Å². The highest BCUT2D eigenvalue weighted by Crippen LogP contribution is 2.65. The summed E-state index contributed by atoms with van der Waals surface area (Å²) in [7, 11) is 0. The summed E-state index contributed by atoms with van der Waals surface area (Å²) in [4.78, 5) is 5.01. The van der Waals surface area contributed by atoms with Crippen molar-refractivity contribution in [3.05, 3.63) is 11.6 Å². The topological polar surface area (TPSA) is 29.5 Å². The molecule has 0 aromatic rings. The molecular weight excluding hydrogens is 272 g/mol. The van der Waals surface area contributed by atoms with Gasteiger partial charge < -0.3 is 0 Å². The first kappa shape index (κ1) is 16.5. The average Bonchev–Trinajstić information content (AvgIpc) is 2.74. The van der Waals surface area contributed by atoms with Gasteiger partial charge >= 0.3 is 0 Å². The van der Waals surface area contributed by atoms with E-state index in [0.717, 1.165) is 30.6 Å². The number of fused-ring (bicyclic) bond motifs is 3. The molecule has 0 bridgehead atoms. The van der Waals surface area contributed by atoms with Crippen molar-refractivity contribution in [2.24, 2.45) is 34.5 Å². The average molecular weight is 306 g/mol. The van der Waals surface area contributed by atoms with Gasteiger partial charge in [0.05, 0.1) is 6.10 Å². The number of hydrogen-bond donors (Lipinski definition) is 1. The summed E-state index contributed by atoms with van der Waals surface area (Å²) >= 11 is 0. The van der Waals surface area contributed by atoms with E-state index in [9.17, 15) is 5.26 Å². The third-order valence-corrected chi connectivity index (χ3v) is 7.81. The standard InChI is InChI=1S/C20H34O2/c1-13(2)15-7-8-16-17-12-14(3)6-9-18(22-21)20(17,5)11-10-19(15,16)4/h12-13,15-18,21H,6-11H2,1-5H3/t15-,16+,17+,18+,19-,20+/m1/s1. The fraction of sp³-hybridized carbons (Fsp3) is 0.900. The smallest absolute Gasteiger partial charge is 0.0989 e. The Kier molecular flexibility index (Phi) is 4.23. The Hall–Kier alpha value is -0.340. The van der Waals surface area contributed by atoms with Crippen LogP contribution in [0.5, 0.6) is 0 Å². The maximum Gasteiger partial charge on any atom is 0.0989 e. The van der Waals surface area contributed by atoms with Crippen molar-refractivity contribution < 1.29 is 10.1 Å². The molecule has 0 amide bonds. The summed E-state index contributed by atoms with van der Waals surface area (Å²) in [6, 6.07) is 0. The lowest BCUT2D eigenvalue weighted by molar-refractivity contribution is -0.314. The summed E-state index contributed by atoms with van der Waals surface area (Å²) in [6.45, 7) is 12.0. The van der Waals surface area contributed by atoms with Crippen LogP contribution in [-0.4, -0.2) is 11.4 Å². The van der Waals surface area contributed by atoms with E-state index >= 15 is 0 Å². The largest absolute Gasteiger partial charge is 0.252 e. The van der Waals surface area contributed by atoms with Crippen molar-refractivity contribution >= 4 is 0 Å². The van der Waals surface area contributed by atoms with Gasteiger partial charge in [0.25, 0.3) is 0 Å². The highest BCUT2D eigenvalue weighted by atomic mass is 17.1. The van der Waals surface area contributed by atoms with Gasteiger partial charge in [-0.3, -0.25) is 5.26 Å². The van der Waals surface area contributed by atoms with E-state index in [2.05, 4.69) is 40.7 Å². The first-order valence-electron chi connectivity index (χ1n) is 9.30. The van der Waals surface area contributed by atoms with Crippen LogP contribution in [0.1, 0.15) is 73.1 Å². The predicted molar refractivity (Wildman–Crippen MR) is 90.5 cm³/mol. The fourth-order valence-corrected chi connectivity index (χ4v) is 6.45. The number of allylic oxidation sites excluding steroid dienone is 2. The molecule has 2 fully saturated rings. The first-order chi connectivity index (χ1) is 10.3. The second kappa shape index (κ2) is 5.63. The summed E-state index contributed by atoms with van der Waals surface area (Å²) in [5, 5.41) is 9.53. The second-order valence-corrected chi connectivity index (χ2v) is 9.22. The van der Waals surface area contributed by atoms with Crippen LogP contribution in [0, 0.1) is 34.5 Å². The summed E-state index contributed by atoms with van der Waals surface area (Å²) < 4.78 is 0. The molecule has 0 heterocycles. The molecule has 0 spiro atoms. The Labute approximate surface area is 136 Å². The molecule has 2 saturated carbocycles. The molecule has 126 valence electrons. The van der Waals surface area contributed by atoms with Gasteiger partial charge in [0.1, 0.15) is 0 Å². The normalized spacial score (nSPS) is 48.6. The van der Waals surface area contributed by atoms with Crippen LogP contribution in [0.3, 0.4) is 0 Å². The quantitative estimate of drug-likeness (QED) is 0.403. The molecule has 0 aromatic carbocycles. The Morgan fingerprint density at radius 1 is 1.14 bits per heavy atom. The molecule has 0 unspecified atom stereocenters. The van der Waals surface area contributed by atoms with Gasteiger partial charge in [0.2, 0.25) is 0 Å². The Morgan fingerprint density at radius 2 is 1.82 bits per heavy atom. The van der Waals surface area contributed by atoms with Crippen molar-refractivity contribution in [2.45, 2.75) is 79.2 Å². The van der Waals surface area contributed by atoms with Gasteiger partial charge in [0.15, 0.2) is 0 Å². The lowest BCUT2D eigenvalue weighted by Gasteiger charge is -2.55. The minimum atomic E-state index is -0.00569. The van der Waals surface area contributed by atoms with Crippen LogP contribution in [0.2, 0.25) is 0 Å². The molecule has 0 radical (unpaired) electrons. The Bertz CT molecular complexity index is 455. The zero-order chi connectivity index (χ0) is 16.1. The Morgan fingerprint density at radius 3 is 2.45 bits per heavy atom. The third kappa shape index (κ3) is 2.29. The van der Waals surface area contributed by atoms with E-state index in [1.807, 2.05) is 0 Å². The predicted octanol–water partition coefficient (Wildman–Crippen LogP) is 5.69. The van der Waals surface area contributed by atoms with Gasteiger partial charge in [-0.15, -0.1) is 0 Å². The monoisotopic (exact) mass is 306 g/mol.